The van der Waals surface area contributed by atoms with Crippen molar-refractivity contribution in [3.63, 3.8) is 0 Å². The Labute approximate surface area is 132 Å². The normalized spacial score (nSPS) is 10.9. The van der Waals surface area contributed by atoms with Crippen molar-refractivity contribution in [2.75, 3.05) is 0 Å². The van der Waals surface area contributed by atoms with Gasteiger partial charge in [-0.1, -0.05) is 41.9 Å². The average Bonchev–Trinajstić information content (AvgIpc) is 2.53. The van der Waals surface area contributed by atoms with E-state index >= 15 is 0 Å². The first-order chi connectivity index (χ1) is 10.6. The van der Waals surface area contributed by atoms with E-state index in [-0.39, 0.29) is 10.9 Å². The second kappa shape index (κ2) is 5.89. The maximum Gasteiger partial charge on any atom is 0.169 e. The van der Waals surface area contributed by atoms with Crippen LogP contribution in [0.25, 0.3) is 10.9 Å². The van der Waals surface area contributed by atoms with E-state index in [9.17, 15) is 4.39 Å². The molecule has 0 aliphatic rings. The lowest BCUT2D eigenvalue weighted by Gasteiger charge is -2.15. The number of aryl methyl sites for hydroxylation is 2. The fraction of sp³-hybridized carbons (Fsp3) is 0.176. The molecule has 0 amide bonds. The minimum Gasteiger partial charge on any atom is -0.485 e. The SMILES string of the molecule is Cc1c(OCc2ccccc2)c(F)c(C)c2c(Cl)ncnc12. The highest BCUT2D eigenvalue weighted by atomic mass is 35.5. The summed E-state index contributed by atoms with van der Waals surface area (Å²) >= 11 is 6.07. The molecule has 22 heavy (non-hydrogen) atoms. The van der Waals surface area contributed by atoms with Crippen LogP contribution in [0.3, 0.4) is 0 Å². The molecule has 5 heteroatoms. The first kappa shape index (κ1) is 14.7. The Morgan fingerprint density at radius 1 is 1.09 bits per heavy atom. The molecule has 0 spiro atoms. The van der Waals surface area contributed by atoms with Crippen molar-refractivity contribution in [1.29, 1.82) is 0 Å². The molecule has 0 atom stereocenters. The van der Waals surface area contributed by atoms with Crippen LogP contribution in [-0.2, 0) is 6.61 Å². The van der Waals surface area contributed by atoms with E-state index in [0.717, 1.165) is 5.56 Å². The second-order valence-corrected chi connectivity index (χ2v) is 5.41. The van der Waals surface area contributed by atoms with E-state index in [1.807, 2.05) is 30.3 Å². The summed E-state index contributed by atoms with van der Waals surface area (Å²) < 4.78 is 20.3. The molecule has 0 aliphatic carbocycles. The first-order valence-corrected chi connectivity index (χ1v) is 7.23. The zero-order valence-corrected chi connectivity index (χ0v) is 13.0. The number of rotatable bonds is 3. The lowest BCUT2D eigenvalue weighted by atomic mass is 10.0. The zero-order valence-electron chi connectivity index (χ0n) is 12.2. The van der Waals surface area contributed by atoms with Crippen LogP contribution < -0.4 is 4.74 Å². The Balaban J connectivity index is 2.07. The van der Waals surface area contributed by atoms with Gasteiger partial charge < -0.3 is 4.74 Å². The van der Waals surface area contributed by atoms with Gasteiger partial charge in [-0.05, 0) is 19.4 Å². The van der Waals surface area contributed by atoms with Crippen molar-refractivity contribution in [3.05, 3.63) is 64.3 Å². The quantitative estimate of drug-likeness (QED) is 0.661. The lowest BCUT2D eigenvalue weighted by molar-refractivity contribution is 0.288. The molecule has 2 aromatic carbocycles. The molecule has 0 N–H and O–H groups in total. The minimum absolute atomic E-state index is 0.212. The third-order valence-corrected chi connectivity index (χ3v) is 3.91. The van der Waals surface area contributed by atoms with E-state index in [2.05, 4.69) is 9.97 Å². The van der Waals surface area contributed by atoms with Gasteiger partial charge in [-0.25, -0.2) is 14.4 Å². The van der Waals surface area contributed by atoms with Crippen molar-refractivity contribution in [2.45, 2.75) is 20.5 Å². The fourth-order valence-corrected chi connectivity index (χ4v) is 2.71. The van der Waals surface area contributed by atoms with Crippen molar-refractivity contribution in [2.24, 2.45) is 0 Å². The largest absolute Gasteiger partial charge is 0.485 e. The lowest BCUT2D eigenvalue weighted by Crippen LogP contribution is -2.03. The van der Waals surface area contributed by atoms with Crippen molar-refractivity contribution in [3.8, 4) is 5.75 Å². The van der Waals surface area contributed by atoms with Crippen LogP contribution >= 0.6 is 11.6 Å². The van der Waals surface area contributed by atoms with Gasteiger partial charge in [0.1, 0.15) is 18.1 Å². The molecule has 1 heterocycles. The van der Waals surface area contributed by atoms with Crippen LogP contribution in [0.5, 0.6) is 5.75 Å². The van der Waals surface area contributed by atoms with E-state index in [1.54, 1.807) is 13.8 Å². The topological polar surface area (TPSA) is 35.0 Å². The molecule has 1 aromatic heterocycles. The zero-order chi connectivity index (χ0) is 15.7. The minimum atomic E-state index is -0.419. The molecule has 0 unspecified atom stereocenters. The molecule has 0 fully saturated rings. The van der Waals surface area contributed by atoms with Gasteiger partial charge in [-0.2, -0.15) is 0 Å². The molecule has 112 valence electrons. The van der Waals surface area contributed by atoms with E-state index in [1.165, 1.54) is 6.33 Å². The van der Waals surface area contributed by atoms with Gasteiger partial charge in [0.25, 0.3) is 0 Å². The fourth-order valence-electron chi connectivity index (χ4n) is 2.43. The van der Waals surface area contributed by atoms with Crippen molar-refractivity contribution in [1.82, 2.24) is 9.97 Å². The number of hydrogen-bond acceptors (Lipinski definition) is 3. The summed E-state index contributed by atoms with van der Waals surface area (Å²) in [5, 5.41) is 0.783. The molecular weight excluding hydrogens is 303 g/mol. The molecule has 3 rings (SSSR count). The molecule has 0 aliphatic heterocycles. The van der Waals surface area contributed by atoms with E-state index in [0.29, 0.717) is 28.6 Å². The third kappa shape index (κ3) is 2.50. The first-order valence-electron chi connectivity index (χ1n) is 6.85. The number of ether oxygens (including phenoxy) is 1. The van der Waals surface area contributed by atoms with Crippen molar-refractivity contribution < 1.29 is 9.13 Å². The molecule has 0 saturated carbocycles. The maximum atomic E-state index is 14.6. The van der Waals surface area contributed by atoms with E-state index in [4.69, 9.17) is 16.3 Å². The Bertz CT molecular complexity index is 837. The van der Waals surface area contributed by atoms with Crippen LogP contribution in [-0.4, -0.2) is 9.97 Å². The molecule has 0 saturated heterocycles. The van der Waals surface area contributed by atoms with Crippen LogP contribution in [0.2, 0.25) is 5.15 Å². The highest BCUT2D eigenvalue weighted by Gasteiger charge is 2.19. The Morgan fingerprint density at radius 3 is 2.55 bits per heavy atom. The number of nitrogens with zero attached hydrogens (tertiary/aromatic N) is 2. The monoisotopic (exact) mass is 316 g/mol. The van der Waals surface area contributed by atoms with Crippen LogP contribution in [0.15, 0.2) is 36.7 Å². The van der Waals surface area contributed by atoms with E-state index < -0.39 is 5.82 Å². The van der Waals surface area contributed by atoms with Crippen LogP contribution in [0.4, 0.5) is 4.39 Å². The summed E-state index contributed by atoms with van der Waals surface area (Å²) in [6, 6.07) is 9.62. The predicted octanol–water partition coefficient (Wildman–Crippen LogP) is 4.62. The van der Waals surface area contributed by atoms with Gasteiger partial charge >= 0.3 is 0 Å². The summed E-state index contributed by atoms with van der Waals surface area (Å²) in [6.07, 6.45) is 1.37. The summed E-state index contributed by atoms with van der Waals surface area (Å²) in [4.78, 5) is 8.14. The highest BCUT2D eigenvalue weighted by molar-refractivity contribution is 6.34. The summed E-state index contributed by atoms with van der Waals surface area (Å²) in [5.41, 5.74) is 2.61. The summed E-state index contributed by atoms with van der Waals surface area (Å²) in [5.74, 6) is -0.207. The molecule has 3 nitrogen and oxygen atoms in total. The Hall–Kier alpha value is -2.20. The smallest absolute Gasteiger partial charge is 0.169 e. The van der Waals surface area contributed by atoms with Gasteiger partial charge in [0.2, 0.25) is 0 Å². The number of fused-ring (bicyclic) bond motifs is 1. The summed E-state index contributed by atoms with van der Waals surface area (Å²) in [7, 11) is 0. The number of halogens is 2. The predicted molar refractivity (Wildman–Crippen MR) is 84.8 cm³/mol. The highest BCUT2D eigenvalue weighted by Crippen LogP contribution is 2.35. The van der Waals surface area contributed by atoms with Gasteiger partial charge in [0, 0.05) is 16.5 Å². The Morgan fingerprint density at radius 2 is 1.82 bits per heavy atom. The summed E-state index contributed by atoms with van der Waals surface area (Å²) in [6.45, 7) is 3.72. The molecule has 0 bridgehead atoms. The van der Waals surface area contributed by atoms with Crippen LogP contribution in [0.1, 0.15) is 16.7 Å². The molecular formula is C17H14ClFN2O. The number of benzene rings is 2. The number of hydrogen-bond donors (Lipinski definition) is 0. The van der Waals surface area contributed by atoms with Crippen molar-refractivity contribution >= 4 is 22.5 Å². The number of aromatic nitrogens is 2. The van der Waals surface area contributed by atoms with Crippen LogP contribution in [0, 0.1) is 19.7 Å². The third-order valence-electron chi connectivity index (χ3n) is 3.63. The average molecular weight is 317 g/mol. The Kier molecular flexibility index (Phi) is 3.94. The van der Waals surface area contributed by atoms with Gasteiger partial charge in [-0.3, -0.25) is 0 Å². The van der Waals surface area contributed by atoms with Gasteiger partial charge in [0.15, 0.2) is 11.6 Å². The maximum absolute atomic E-state index is 14.6. The standard InChI is InChI=1S/C17H14ClFN2O/c1-10-13-15(20-9-21-17(13)18)11(2)16(14(10)19)22-8-12-6-4-3-5-7-12/h3-7,9H,8H2,1-2H3. The molecule has 3 aromatic rings. The second-order valence-electron chi connectivity index (χ2n) is 5.06. The molecule has 0 radical (unpaired) electrons. The van der Waals surface area contributed by atoms with Gasteiger partial charge in [-0.15, -0.1) is 0 Å². The van der Waals surface area contributed by atoms with Gasteiger partial charge in [0.05, 0.1) is 5.52 Å².